The standard InChI is InChI=1S/C25H25Br/c1-17(2)18-7-9-21(10-8-18)25-23-6-4-3-5-19(23)13-16-24(25)20-11-14-22(26)15-12-20/h3-12,14-15,17,24-25H,13,16H2,1-2H3. The quantitative estimate of drug-likeness (QED) is 0.425. The van der Waals surface area contributed by atoms with Crippen molar-refractivity contribution in [3.8, 4) is 0 Å². The molecular formula is C25H25Br. The second-order valence-corrected chi connectivity index (χ2v) is 8.61. The van der Waals surface area contributed by atoms with E-state index in [-0.39, 0.29) is 0 Å². The first-order valence-electron chi connectivity index (χ1n) is 9.56. The fraction of sp³-hybridized carbons (Fsp3) is 0.280. The van der Waals surface area contributed by atoms with E-state index in [9.17, 15) is 0 Å². The van der Waals surface area contributed by atoms with E-state index < -0.39 is 0 Å². The van der Waals surface area contributed by atoms with Crippen LogP contribution >= 0.6 is 15.9 Å². The van der Waals surface area contributed by atoms with Crippen LogP contribution in [-0.4, -0.2) is 0 Å². The summed E-state index contributed by atoms with van der Waals surface area (Å²) < 4.78 is 1.15. The number of aryl methyl sites for hydroxylation is 1. The molecule has 0 heterocycles. The zero-order chi connectivity index (χ0) is 18.1. The van der Waals surface area contributed by atoms with Crippen LogP contribution in [0, 0.1) is 0 Å². The van der Waals surface area contributed by atoms with E-state index in [0.717, 1.165) is 10.9 Å². The summed E-state index contributed by atoms with van der Waals surface area (Å²) in [5, 5.41) is 0. The van der Waals surface area contributed by atoms with Crippen molar-refractivity contribution in [3.63, 3.8) is 0 Å². The van der Waals surface area contributed by atoms with Gasteiger partial charge >= 0.3 is 0 Å². The van der Waals surface area contributed by atoms with Gasteiger partial charge in [-0.3, -0.25) is 0 Å². The van der Waals surface area contributed by atoms with Gasteiger partial charge in [0.1, 0.15) is 0 Å². The lowest BCUT2D eigenvalue weighted by molar-refractivity contribution is 0.524. The molecule has 0 bridgehead atoms. The van der Waals surface area contributed by atoms with Gasteiger partial charge in [0, 0.05) is 10.4 Å². The Bertz CT molecular complexity index is 875. The first-order valence-corrected chi connectivity index (χ1v) is 10.4. The van der Waals surface area contributed by atoms with Crippen molar-refractivity contribution in [3.05, 3.63) is 105 Å². The Hall–Kier alpha value is -1.86. The van der Waals surface area contributed by atoms with Crippen LogP contribution in [-0.2, 0) is 6.42 Å². The highest BCUT2D eigenvalue weighted by Crippen LogP contribution is 2.46. The van der Waals surface area contributed by atoms with Gasteiger partial charge in [-0.25, -0.2) is 0 Å². The van der Waals surface area contributed by atoms with Crippen LogP contribution in [0.5, 0.6) is 0 Å². The van der Waals surface area contributed by atoms with Crippen molar-refractivity contribution in [1.82, 2.24) is 0 Å². The van der Waals surface area contributed by atoms with Crippen molar-refractivity contribution in [2.45, 2.75) is 44.4 Å². The maximum Gasteiger partial charge on any atom is 0.0175 e. The van der Waals surface area contributed by atoms with Crippen molar-refractivity contribution < 1.29 is 0 Å². The van der Waals surface area contributed by atoms with E-state index in [1.54, 1.807) is 0 Å². The molecule has 0 nitrogen and oxygen atoms in total. The summed E-state index contributed by atoms with van der Waals surface area (Å²) in [6, 6.07) is 27.3. The summed E-state index contributed by atoms with van der Waals surface area (Å²) >= 11 is 3.58. The van der Waals surface area contributed by atoms with Gasteiger partial charge < -0.3 is 0 Å². The van der Waals surface area contributed by atoms with Crippen LogP contribution in [0.1, 0.15) is 65.8 Å². The Morgan fingerprint density at radius 1 is 0.808 bits per heavy atom. The third-order valence-corrected chi connectivity index (χ3v) is 6.31. The smallest absolute Gasteiger partial charge is 0.0175 e. The molecule has 2 atom stereocenters. The molecule has 0 spiro atoms. The molecule has 0 saturated carbocycles. The predicted octanol–water partition coefficient (Wildman–Crippen LogP) is 7.43. The molecule has 3 aromatic rings. The lowest BCUT2D eigenvalue weighted by atomic mass is 9.69. The van der Waals surface area contributed by atoms with Gasteiger partial charge in [-0.1, -0.05) is 90.4 Å². The Morgan fingerprint density at radius 3 is 2.15 bits per heavy atom. The molecule has 26 heavy (non-hydrogen) atoms. The zero-order valence-electron chi connectivity index (χ0n) is 15.5. The van der Waals surface area contributed by atoms with Gasteiger partial charge in [-0.15, -0.1) is 0 Å². The van der Waals surface area contributed by atoms with Crippen LogP contribution in [0.15, 0.2) is 77.3 Å². The highest BCUT2D eigenvalue weighted by Gasteiger charge is 2.31. The van der Waals surface area contributed by atoms with Crippen molar-refractivity contribution in [1.29, 1.82) is 0 Å². The molecule has 0 radical (unpaired) electrons. The molecule has 1 aliphatic rings. The number of fused-ring (bicyclic) bond motifs is 1. The van der Waals surface area contributed by atoms with Crippen LogP contribution in [0.2, 0.25) is 0 Å². The van der Waals surface area contributed by atoms with Crippen molar-refractivity contribution in [2.24, 2.45) is 0 Å². The summed E-state index contributed by atoms with van der Waals surface area (Å²) in [5.41, 5.74) is 7.32. The first-order chi connectivity index (χ1) is 12.6. The zero-order valence-corrected chi connectivity index (χ0v) is 17.0. The van der Waals surface area contributed by atoms with E-state index in [2.05, 4.69) is 103 Å². The minimum atomic E-state index is 0.433. The van der Waals surface area contributed by atoms with Crippen LogP contribution < -0.4 is 0 Å². The fourth-order valence-electron chi connectivity index (χ4n) is 4.33. The number of hydrogen-bond acceptors (Lipinski definition) is 0. The number of halogens is 1. The molecule has 0 N–H and O–H groups in total. The second-order valence-electron chi connectivity index (χ2n) is 7.69. The summed E-state index contributed by atoms with van der Waals surface area (Å²) in [7, 11) is 0. The maximum absolute atomic E-state index is 3.58. The monoisotopic (exact) mass is 404 g/mol. The Kier molecular flexibility index (Phi) is 5.00. The van der Waals surface area contributed by atoms with E-state index in [1.165, 1.54) is 34.2 Å². The third-order valence-electron chi connectivity index (χ3n) is 5.78. The second kappa shape index (κ2) is 7.40. The summed E-state index contributed by atoms with van der Waals surface area (Å²) in [6.07, 6.45) is 2.37. The van der Waals surface area contributed by atoms with Crippen LogP contribution in [0.3, 0.4) is 0 Å². The molecule has 4 rings (SSSR count). The lowest BCUT2D eigenvalue weighted by Gasteiger charge is -2.35. The van der Waals surface area contributed by atoms with Gasteiger partial charge in [0.2, 0.25) is 0 Å². The van der Waals surface area contributed by atoms with Gasteiger partial charge in [0.15, 0.2) is 0 Å². The highest BCUT2D eigenvalue weighted by molar-refractivity contribution is 9.10. The minimum Gasteiger partial charge on any atom is -0.0620 e. The number of hydrogen-bond donors (Lipinski definition) is 0. The molecule has 2 unspecified atom stereocenters. The van der Waals surface area contributed by atoms with Crippen molar-refractivity contribution in [2.75, 3.05) is 0 Å². The Morgan fingerprint density at radius 2 is 1.46 bits per heavy atom. The Labute approximate surface area is 165 Å². The van der Waals surface area contributed by atoms with Gasteiger partial charge in [-0.2, -0.15) is 0 Å². The van der Waals surface area contributed by atoms with E-state index >= 15 is 0 Å². The van der Waals surface area contributed by atoms with Crippen LogP contribution in [0.4, 0.5) is 0 Å². The number of rotatable bonds is 3. The van der Waals surface area contributed by atoms with E-state index in [1.807, 2.05) is 0 Å². The Balaban J connectivity index is 1.80. The highest BCUT2D eigenvalue weighted by atomic mass is 79.9. The molecule has 0 fully saturated rings. The molecular weight excluding hydrogens is 380 g/mol. The SMILES string of the molecule is CC(C)c1ccc(C2c3ccccc3CCC2c2ccc(Br)cc2)cc1. The maximum atomic E-state index is 3.58. The molecule has 0 amide bonds. The summed E-state index contributed by atoms with van der Waals surface area (Å²) in [6.45, 7) is 4.52. The third kappa shape index (κ3) is 3.38. The largest absolute Gasteiger partial charge is 0.0620 e. The summed E-state index contributed by atoms with van der Waals surface area (Å²) in [5.74, 6) is 1.54. The van der Waals surface area contributed by atoms with E-state index in [4.69, 9.17) is 0 Å². The van der Waals surface area contributed by atoms with Crippen LogP contribution in [0.25, 0.3) is 0 Å². The van der Waals surface area contributed by atoms with Gasteiger partial charge in [0.05, 0.1) is 0 Å². The normalized spacial score (nSPS) is 19.4. The van der Waals surface area contributed by atoms with Gasteiger partial charge in [0.25, 0.3) is 0 Å². The lowest BCUT2D eigenvalue weighted by Crippen LogP contribution is -2.20. The fourth-order valence-corrected chi connectivity index (χ4v) is 4.59. The molecule has 1 heteroatoms. The van der Waals surface area contributed by atoms with Gasteiger partial charge in [-0.05, 0) is 64.6 Å². The minimum absolute atomic E-state index is 0.433. The molecule has 132 valence electrons. The summed E-state index contributed by atoms with van der Waals surface area (Å²) in [4.78, 5) is 0. The molecule has 3 aromatic carbocycles. The average Bonchev–Trinajstić information content (AvgIpc) is 2.68. The van der Waals surface area contributed by atoms with E-state index in [0.29, 0.717) is 17.8 Å². The molecule has 0 saturated heterocycles. The topological polar surface area (TPSA) is 0 Å². The van der Waals surface area contributed by atoms with Crippen molar-refractivity contribution >= 4 is 15.9 Å². The first kappa shape index (κ1) is 17.5. The average molecular weight is 405 g/mol. The predicted molar refractivity (Wildman–Crippen MR) is 114 cm³/mol. The number of benzene rings is 3. The molecule has 0 aliphatic heterocycles. The molecule has 1 aliphatic carbocycles. The molecule has 0 aromatic heterocycles.